The van der Waals surface area contributed by atoms with E-state index in [1.54, 1.807) is 0 Å². The highest BCUT2D eigenvalue weighted by Gasteiger charge is 1.98. The molecule has 0 aliphatic rings. The van der Waals surface area contributed by atoms with Crippen LogP contribution in [0.5, 0.6) is 0 Å². The number of rotatable bonds is 7. The Bertz CT molecular complexity index is 76.2. The van der Waals surface area contributed by atoms with Gasteiger partial charge < -0.3 is 5.11 Å². The fourth-order valence-electron chi connectivity index (χ4n) is 1.19. The third kappa shape index (κ3) is 10.2. The number of halogens is 1. The average molecular weight is 195 g/mol. The molecule has 0 radical (unpaired) electrons. The second-order valence-electron chi connectivity index (χ2n) is 3.26. The van der Waals surface area contributed by atoms with Crippen LogP contribution in [0.1, 0.15) is 58.8 Å². The van der Waals surface area contributed by atoms with Gasteiger partial charge in [-0.1, -0.05) is 46.0 Å². The number of hydrogen-bond donors (Lipinski definition) is 1. The summed E-state index contributed by atoms with van der Waals surface area (Å²) in [5, 5.41) is 9.21. The Morgan fingerprint density at radius 1 is 1.00 bits per heavy atom. The van der Waals surface area contributed by atoms with E-state index in [0.29, 0.717) is 0 Å². The SMILES string of the molecule is CCCCCCCC(O)CC.Cl. The van der Waals surface area contributed by atoms with Crippen molar-refractivity contribution in [2.24, 2.45) is 0 Å². The van der Waals surface area contributed by atoms with Gasteiger partial charge in [-0.3, -0.25) is 0 Å². The molecule has 12 heavy (non-hydrogen) atoms. The fraction of sp³-hybridized carbons (Fsp3) is 1.00. The summed E-state index contributed by atoms with van der Waals surface area (Å²) < 4.78 is 0. The number of aliphatic hydroxyl groups excluding tert-OH is 1. The molecule has 1 atom stereocenters. The van der Waals surface area contributed by atoms with E-state index in [4.69, 9.17) is 0 Å². The Labute approximate surface area is 83.0 Å². The Kier molecular flexibility index (Phi) is 13.8. The van der Waals surface area contributed by atoms with Crippen molar-refractivity contribution >= 4 is 12.4 Å². The molecule has 0 aromatic rings. The van der Waals surface area contributed by atoms with Crippen molar-refractivity contribution < 1.29 is 5.11 Å². The van der Waals surface area contributed by atoms with E-state index in [9.17, 15) is 5.11 Å². The van der Waals surface area contributed by atoms with E-state index >= 15 is 0 Å². The van der Waals surface area contributed by atoms with Crippen LogP contribution in [-0.4, -0.2) is 11.2 Å². The maximum Gasteiger partial charge on any atom is 0.0537 e. The summed E-state index contributed by atoms with van der Waals surface area (Å²) in [5.41, 5.74) is 0. The molecule has 0 bridgehead atoms. The lowest BCUT2D eigenvalue weighted by Gasteiger charge is -2.05. The van der Waals surface area contributed by atoms with Gasteiger partial charge in [-0.05, 0) is 12.8 Å². The molecule has 0 amide bonds. The van der Waals surface area contributed by atoms with Gasteiger partial charge in [0, 0.05) is 0 Å². The third-order valence-corrected chi connectivity index (χ3v) is 2.11. The van der Waals surface area contributed by atoms with Crippen LogP contribution in [0.25, 0.3) is 0 Å². The normalized spacial score (nSPS) is 12.2. The van der Waals surface area contributed by atoms with Crippen molar-refractivity contribution in [1.29, 1.82) is 0 Å². The highest BCUT2D eigenvalue weighted by molar-refractivity contribution is 5.85. The largest absolute Gasteiger partial charge is 0.393 e. The van der Waals surface area contributed by atoms with Crippen molar-refractivity contribution in [2.75, 3.05) is 0 Å². The molecule has 1 N–H and O–H groups in total. The second-order valence-corrected chi connectivity index (χ2v) is 3.26. The van der Waals surface area contributed by atoms with Gasteiger partial charge in [0.1, 0.15) is 0 Å². The lowest BCUT2D eigenvalue weighted by atomic mass is 10.1. The quantitative estimate of drug-likeness (QED) is 0.615. The monoisotopic (exact) mass is 194 g/mol. The van der Waals surface area contributed by atoms with E-state index in [-0.39, 0.29) is 18.5 Å². The van der Waals surface area contributed by atoms with Crippen LogP contribution in [-0.2, 0) is 0 Å². The molecule has 76 valence electrons. The smallest absolute Gasteiger partial charge is 0.0537 e. The highest BCUT2D eigenvalue weighted by Crippen LogP contribution is 2.08. The van der Waals surface area contributed by atoms with Crippen molar-refractivity contribution in [1.82, 2.24) is 0 Å². The van der Waals surface area contributed by atoms with Crippen LogP contribution in [0.2, 0.25) is 0 Å². The van der Waals surface area contributed by atoms with E-state index in [2.05, 4.69) is 6.92 Å². The molecule has 0 spiro atoms. The van der Waals surface area contributed by atoms with Crippen molar-refractivity contribution in [3.63, 3.8) is 0 Å². The zero-order valence-electron chi connectivity index (χ0n) is 8.38. The molecule has 0 aliphatic heterocycles. The molecular weight excluding hydrogens is 172 g/mol. The molecule has 0 aromatic heterocycles. The summed E-state index contributed by atoms with van der Waals surface area (Å²) in [7, 11) is 0. The minimum absolute atomic E-state index is 0. The van der Waals surface area contributed by atoms with Crippen molar-refractivity contribution in [3.05, 3.63) is 0 Å². The molecule has 1 unspecified atom stereocenters. The van der Waals surface area contributed by atoms with Crippen molar-refractivity contribution in [3.8, 4) is 0 Å². The van der Waals surface area contributed by atoms with E-state index in [0.717, 1.165) is 12.8 Å². The van der Waals surface area contributed by atoms with Crippen LogP contribution in [0.4, 0.5) is 0 Å². The molecule has 0 aromatic carbocycles. The summed E-state index contributed by atoms with van der Waals surface area (Å²) in [6.45, 7) is 4.26. The van der Waals surface area contributed by atoms with Gasteiger partial charge in [0.15, 0.2) is 0 Å². The first-order chi connectivity index (χ1) is 5.31. The number of hydrogen-bond acceptors (Lipinski definition) is 1. The maximum atomic E-state index is 9.21. The minimum Gasteiger partial charge on any atom is -0.393 e. The van der Waals surface area contributed by atoms with Gasteiger partial charge in [-0.15, -0.1) is 12.4 Å². The van der Waals surface area contributed by atoms with Gasteiger partial charge in [-0.2, -0.15) is 0 Å². The van der Waals surface area contributed by atoms with E-state index < -0.39 is 0 Å². The number of unbranched alkanes of at least 4 members (excludes halogenated alkanes) is 4. The van der Waals surface area contributed by atoms with Crippen LogP contribution >= 0.6 is 12.4 Å². The lowest BCUT2D eigenvalue weighted by Crippen LogP contribution is -2.03. The first-order valence-corrected chi connectivity index (χ1v) is 4.99. The summed E-state index contributed by atoms with van der Waals surface area (Å²) in [4.78, 5) is 0. The van der Waals surface area contributed by atoms with Gasteiger partial charge in [-0.25, -0.2) is 0 Å². The summed E-state index contributed by atoms with van der Waals surface area (Å²) in [6, 6.07) is 0. The van der Waals surface area contributed by atoms with E-state index in [1.165, 1.54) is 32.1 Å². The molecule has 0 saturated carbocycles. The highest BCUT2D eigenvalue weighted by atomic mass is 35.5. The maximum absolute atomic E-state index is 9.21. The van der Waals surface area contributed by atoms with Crippen LogP contribution in [0.15, 0.2) is 0 Å². The summed E-state index contributed by atoms with van der Waals surface area (Å²) >= 11 is 0. The molecule has 0 saturated heterocycles. The van der Waals surface area contributed by atoms with E-state index in [1.807, 2.05) is 6.92 Å². The fourth-order valence-corrected chi connectivity index (χ4v) is 1.19. The standard InChI is InChI=1S/C10H22O.ClH/c1-3-5-6-7-8-9-10(11)4-2;/h10-11H,3-9H2,1-2H3;1H. The summed E-state index contributed by atoms with van der Waals surface area (Å²) in [6.07, 6.45) is 8.36. The minimum atomic E-state index is -0.0448. The molecule has 0 rings (SSSR count). The first kappa shape index (κ1) is 14.8. The number of aliphatic hydroxyl groups is 1. The average Bonchev–Trinajstić information content (AvgIpc) is 2.04. The van der Waals surface area contributed by atoms with Crippen LogP contribution in [0.3, 0.4) is 0 Å². The molecular formula is C10H23ClO. The molecule has 2 heteroatoms. The zero-order valence-corrected chi connectivity index (χ0v) is 9.20. The van der Waals surface area contributed by atoms with Gasteiger partial charge >= 0.3 is 0 Å². The first-order valence-electron chi connectivity index (χ1n) is 4.99. The Morgan fingerprint density at radius 2 is 1.58 bits per heavy atom. The predicted octanol–water partition coefficient (Wildman–Crippen LogP) is 3.54. The Balaban J connectivity index is 0. The van der Waals surface area contributed by atoms with Gasteiger partial charge in [0.25, 0.3) is 0 Å². The van der Waals surface area contributed by atoms with Crippen molar-refractivity contribution in [2.45, 2.75) is 64.9 Å². The third-order valence-electron chi connectivity index (χ3n) is 2.11. The Morgan fingerprint density at radius 3 is 2.08 bits per heavy atom. The van der Waals surface area contributed by atoms with Gasteiger partial charge in [0.05, 0.1) is 6.10 Å². The molecule has 1 nitrogen and oxygen atoms in total. The van der Waals surface area contributed by atoms with Gasteiger partial charge in [0.2, 0.25) is 0 Å². The Hall–Kier alpha value is 0.250. The van der Waals surface area contributed by atoms with Crippen LogP contribution < -0.4 is 0 Å². The zero-order chi connectivity index (χ0) is 8.53. The van der Waals surface area contributed by atoms with Crippen LogP contribution in [0, 0.1) is 0 Å². The molecule has 0 fully saturated rings. The molecule has 0 heterocycles. The second kappa shape index (κ2) is 11.2. The lowest BCUT2D eigenvalue weighted by molar-refractivity contribution is 0.156. The summed E-state index contributed by atoms with van der Waals surface area (Å²) in [5.74, 6) is 0. The topological polar surface area (TPSA) is 20.2 Å². The predicted molar refractivity (Wildman–Crippen MR) is 56.9 cm³/mol. The molecule has 0 aliphatic carbocycles.